The Kier molecular flexibility index (Phi) is 6.67. The van der Waals surface area contributed by atoms with Crippen LogP contribution in [0, 0.1) is 3.57 Å². The molecule has 0 radical (unpaired) electrons. The van der Waals surface area contributed by atoms with E-state index in [-0.39, 0.29) is 18.0 Å². The topological polar surface area (TPSA) is 61.9 Å². The fourth-order valence-corrected chi connectivity index (χ4v) is 3.22. The SMILES string of the molecule is CC1CN(C(=O)OC(C)(C)C)CCN1CC(=O)Nc1cccc(I)c1. The molecule has 0 spiro atoms. The molecule has 0 bridgehead atoms. The van der Waals surface area contributed by atoms with Gasteiger partial charge in [-0.25, -0.2) is 4.79 Å². The van der Waals surface area contributed by atoms with Gasteiger partial charge in [-0.15, -0.1) is 0 Å². The van der Waals surface area contributed by atoms with Gasteiger partial charge in [-0.3, -0.25) is 9.69 Å². The van der Waals surface area contributed by atoms with E-state index in [2.05, 4.69) is 32.8 Å². The maximum absolute atomic E-state index is 12.3. The first kappa shape index (κ1) is 20.0. The van der Waals surface area contributed by atoms with Crippen LogP contribution in [0.15, 0.2) is 24.3 Å². The third-order valence-electron chi connectivity index (χ3n) is 3.87. The van der Waals surface area contributed by atoms with E-state index >= 15 is 0 Å². The zero-order valence-corrected chi connectivity index (χ0v) is 17.4. The Morgan fingerprint density at radius 2 is 2.04 bits per heavy atom. The number of nitrogens with zero attached hydrogens (tertiary/aromatic N) is 2. The molecule has 0 saturated carbocycles. The van der Waals surface area contributed by atoms with Crippen LogP contribution >= 0.6 is 22.6 Å². The molecule has 1 N–H and O–H groups in total. The second kappa shape index (κ2) is 8.35. The van der Waals surface area contributed by atoms with Gasteiger partial charge in [0.05, 0.1) is 6.54 Å². The van der Waals surface area contributed by atoms with Crippen LogP contribution in [-0.4, -0.2) is 59.6 Å². The number of ether oxygens (including phenoxy) is 1. The molecule has 1 aliphatic heterocycles. The first-order valence-corrected chi connectivity index (χ1v) is 9.49. The standard InChI is InChI=1S/C18H26IN3O3/c1-13-11-22(17(24)25-18(2,3)4)9-8-21(13)12-16(23)20-15-7-5-6-14(19)10-15/h5-7,10,13H,8-9,11-12H2,1-4H3,(H,20,23). The van der Waals surface area contributed by atoms with E-state index in [0.717, 1.165) is 9.26 Å². The molecule has 1 atom stereocenters. The maximum Gasteiger partial charge on any atom is 0.410 e. The lowest BCUT2D eigenvalue weighted by atomic mass is 10.2. The first-order chi connectivity index (χ1) is 11.6. The van der Waals surface area contributed by atoms with Crippen molar-refractivity contribution in [2.75, 3.05) is 31.5 Å². The predicted octanol–water partition coefficient (Wildman–Crippen LogP) is 3.17. The highest BCUT2D eigenvalue weighted by atomic mass is 127. The number of carbonyl (C=O) groups excluding carboxylic acids is 2. The van der Waals surface area contributed by atoms with Crippen LogP contribution in [0.4, 0.5) is 10.5 Å². The van der Waals surface area contributed by atoms with Crippen LogP contribution in [0.3, 0.4) is 0 Å². The largest absolute Gasteiger partial charge is 0.444 e. The molecular weight excluding hydrogens is 433 g/mol. The van der Waals surface area contributed by atoms with Crippen molar-refractivity contribution in [1.29, 1.82) is 0 Å². The molecule has 1 fully saturated rings. The number of nitrogens with one attached hydrogen (secondary N) is 1. The van der Waals surface area contributed by atoms with Crippen molar-refractivity contribution in [3.05, 3.63) is 27.8 Å². The summed E-state index contributed by atoms with van der Waals surface area (Å²) in [5.74, 6) is -0.0421. The maximum atomic E-state index is 12.3. The summed E-state index contributed by atoms with van der Waals surface area (Å²) in [7, 11) is 0. The van der Waals surface area contributed by atoms with Crippen LogP contribution in [0.1, 0.15) is 27.7 Å². The van der Waals surface area contributed by atoms with Gasteiger partial charge in [0.2, 0.25) is 5.91 Å². The summed E-state index contributed by atoms with van der Waals surface area (Å²) in [6.45, 7) is 9.70. The normalized spacial score (nSPS) is 18.8. The minimum Gasteiger partial charge on any atom is -0.444 e. The number of halogens is 1. The molecule has 0 aromatic heterocycles. The van der Waals surface area contributed by atoms with Gasteiger partial charge in [0.1, 0.15) is 5.60 Å². The van der Waals surface area contributed by atoms with Gasteiger partial charge in [-0.2, -0.15) is 0 Å². The van der Waals surface area contributed by atoms with Crippen LogP contribution in [0.5, 0.6) is 0 Å². The third-order valence-corrected chi connectivity index (χ3v) is 4.54. The Hall–Kier alpha value is -1.35. The fraction of sp³-hybridized carbons (Fsp3) is 0.556. The molecule has 0 aliphatic carbocycles. The molecule has 7 heteroatoms. The van der Waals surface area contributed by atoms with Crippen LogP contribution in [0.25, 0.3) is 0 Å². The van der Waals surface area contributed by atoms with E-state index in [1.54, 1.807) is 4.90 Å². The highest BCUT2D eigenvalue weighted by Crippen LogP contribution is 2.16. The lowest BCUT2D eigenvalue weighted by molar-refractivity contribution is -0.118. The molecule has 1 saturated heterocycles. The van der Waals surface area contributed by atoms with Gasteiger partial charge in [0.15, 0.2) is 0 Å². The van der Waals surface area contributed by atoms with E-state index in [1.807, 2.05) is 52.0 Å². The third kappa shape index (κ3) is 6.47. The molecule has 2 rings (SSSR count). The van der Waals surface area contributed by atoms with E-state index < -0.39 is 5.60 Å². The van der Waals surface area contributed by atoms with Crippen molar-refractivity contribution in [3.63, 3.8) is 0 Å². The van der Waals surface area contributed by atoms with Gasteiger partial charge >= 0.3 is 6.09 Å². The number of benzene rings is 1. The smallest absolute Gasteiger partial charge is 0.410 e. The van der Waals surface area contributed by atoms with Gasteiger partial charge in [0.25, 0.3) is 0 Å². The lowest BCUT2D eigenvalue weighted by Gasteiger charge is -2.39. The number of piperazine rings is 1. The lowest BCUT2D eigenvalue weighted by Crippen LogP contribution is -2.55. The van der Waals surface area contributed by atoms with E-state index in [1.165, 1.54) is 0 Å². The Morgan fingerprint density at radius 3 is 2.64 bits per heavy atom. The van der Waals surface area contributed by atoms with Gasteiger partial charge in [0, 0.05) is 34.9 Å². The van der Waals surface area contributed by atoms with Crippen molar-refractivity contribution >= 4 is 40.3 Å². The second-order valence-corrected chi connectivity index (χ2v) is 8.55. The summed E-state index contributed by atoms with van der Waals surface area (Å²) in [5.41, 5.74) is 0.307. The summed E-state index contributed by atoms with van der Waals surface area (Å²) >= 11 is 2.22. The molecule has 2 amide bonds. The van der Waals surface area contributed by atoms with E-state index in [0.29, 0.717) is 26.2 Å². The summed E-state index contributed by atoms with van der Waals surface area (Å²) < 4.78 is 6.50. The van der Waals surface area contributed by atoms with Crippen LogP contribution in [-0.2, 0) is 9.53 Å². The second-order valence-electron chi connectivity index (χ2n) is 7.30. The molecule has 1 aliphatic rings. The quantitative estimate of drug-likeness (QED) is 0.706. The van der Waals surface area contributed by atoms with Crippen LogP contribution in [0.2, 0.25) is 0 Å². The van der Waals surface area contributed by atoms with Crippen molar-refractivity contribution in [1.82, 2.24) is 9.80 Å². The Balaban J connectivity index is 1.85. The minimum atomic E-state index is -0.495. The summed E-state index contributed by atoms with van der Waals surface area (Å²) in [4.78, 5) is 28.2. The van der Waals surface area contributed by atoms with Crippen molar-refractivity contribution < 1.29 is 14.3 Å². The summed E-state index contributed by atoms with van der Waals surface area (Å²) in [6.07, 6.45) is -0.290. The first-order valence-electron chi connectivity index (χ1n) is 8.41. The molecule has 1 unspecified atom stereocenters. The molecular formula is C18H26IN3O3. The van der Waals surface area contributed by atoms with Gasteiger partial charge < -0.3 is 15.0 Å². The zero-order chi connectivity index (χ0) is 18.6. The molecule has 1 heterocycles. The monoisotopic (exact) mass is 459 g/mol. The fourth-order valence-electron chi connectivity index (χ4n) is 2.67. The number of amides is 2. The summed E-state index contributed by atoms with van der Waals surface area (Å²) in [6, 6.07) is 7.81. The van der Waals surface area contributed by atoms with Crippen molar-refractivity contribution in [3.8, 4) is 0 Å². The molecule has 1 aromatic carbocycles. The highest BCUT2D eigenvalue weighted by Gasteiger charge is 2.30. The average Bonchev–Trinajstić information content (AvgIpc) is 2.47. The number of carbonyl (C=O) groups is 2. The molecule has 6 nitrogen and oxygen atoms in total. The number of hydrogen-bond donors (Lipinski definition) is 1. The van der Waals surface area contributed by atoms with E-state index in [4.69, 9.17) is 4.74 Å². The van der Waals surface area contributed by atoms with E-state index in [9.17, 15) is 9.59 Å². The molecule has 1 aromatic rings. The van der Waals surface area contributed by atoms with Gasteiger partial charge in [-0.05, 0) is 68.5 Å². The molecule has 25 heavy (non-hydrogen) atoms. The zero-order valence-electron chi connectivity index (χ0n) is 15.2. The Morgan fingerprint density at radius 1 is 1.32 bits per heavy atom. The predicted molar refractivity (Wildman–Crippen MR) is 107 cm³/mol. The molecule has 138 valence electrons. The Labute approximate surface area is 163 Å². The highest BCUT2D eigenvalue weighted by molar-refractivity contribution is 14.1. The van der Waals surface area contributed by atoms with Gasteiger partial charge in [-0.1, -0.05) is 6.07 Å². The number of rotatable bonds is 3. The summed E-state index contributed by atoms with van der Waals surface area (Å²) in [5, 5.41) is 2.93. The average molecular weight is 459 g/mol. The minimum absolute atomic E-state index is 0.0421. The van der Waals surface area contributed by atoms with Crippen LogP contribution < -0.4 is 5.32 Å². The number of hydrogen-bond acceptors (Lipinski definition) is 4. The van der Waals surface area contributed by atoms with Crippen molar-refractivity contribution in [2.45, 2.75) is 39.3 Å². The Bertz CT molecular complexity index is 630. The van der Waals surface area contributed by atoms with Crippen molar-refractivity contribution in [2.24, 2.45) is 0 Å². The number of anilines is 1.